The first kappa shape index (κ1) is 17.1. The molecule has 7 nitrogen and oxygen atoms in total. The molecule has 0 heterocycles. The molecule has 2 atom stereocenters. The summed E-state index contributed by atoms with van der Waals surface area (Å²) in [6.07, 6.45) is 0.722. The van der Waals surface area contributed by atoms with Crippen molar-refractivity contribution in [1.29, 1.82) is 0 Å². The minimum Gasteiger partial charge on any atom is -0.273 e. The Kier molecular flexibility index (Phi) is 4.80. The maximum Gasteiger partial charge on any atom is 0.270 e. The van der Waals surface area contributed by atoms with E-state index in [0.29, 0.717) is 0 Å². The second-order valence-corrected chi connectivity index (χ2v) is 6.67. The minimum absolute atomic E-state index is 0.106. The van der Waals surface area contributed by atoms with Crippen LogP contribution in [0.1, 0.15) is 28.3 Å². The Morgan fingerprint density at radius 3 is 2.52 bits per heavy atom. The van der Waals surface area contributed by atoms with Crippen LogP contribution < -0.4 is 10.9 Å². The molecular formula is C17H14BrN3O4. The van der Waals surface area contributed by atoms with E-state index in [-0.39, 0.29) is 29.0 Å². The predicted molar refractivity (Wildman–Crippen MR) is 93.7 cm³/mol. The van der Waals surface area contributed by atoms with Gasteiger partial charge in [0.2, 0.25) is 5.91 Å². The van der Waals surface area contributed by atoms with E-state index in [2.05, 4.69) is 26.8 Å². The number of hydrogen-bond donors (Lipinski definition) is 2. The highest BCUT2D eigenvalue weighted by atomic mass is 79.9. The molecule has 2 aromatic carbocycles. The van der Waals surface area contributed by atoms with E-state index < -0.39 is 10.8 Å². The van der Waals surface area contributed by atoms with Crippen LogP contribution in [0.3, 0.4) is 0 Å². The van der Waals surface area contributed by atoms with Crippen molar-refractivity contribution in [3.63, 3.8) is 0 Å². The van der Waals surface area contributed by atoms with Gasteiger partial charge in [0.05, 0.1) is 4.92 Å². The van der Waals surface area contributed by atoms with Crippen LogP contribution in [0.2, 0.25) is 0 Å². The number of rotatable bonds is 4. The Labute approximate surface area is 151 Å². The van der Waals surface area contributed by atoms with Crippen molar-refractivity contribution >= 4 is 33.4 Å². The predicted octanol–water partition coefficient (Wildman–Crippen LogP) is 2.92. The van der Waals surface area contributed by atoms with Crippen LogP contribution in [0.15, 0.2) is 53.0 Å². The highest BCUT2D eigenvalue weighted by molar-refractivity contribution is 9.10. The van der Waals surface area contributed by atoms with Gasteiger partial charge in [-0.3, -0.25) is 30.6 Å². The Balaban J connectivity index is 1.54. The average molecular weight is 404 g/mol. The van der Waals surface area contributed by atoms with Crippen LogP contribution in [0.4, 0.5) is 5.69 Å². The first-order valence-corrected chi connectivity index (χ1v) is 8.35. The molecule has 8 heteroatoms. The van der Waals surface area contributed by atoms with E-state index in [4.69, 9.17) is 0 Å². The third-order valence-electron chi connectivity index (χ3n) is 4.04. The van der Waals surface area contributed by atoms with Crippen LogP contribution in [-0.4, -0.2) is 16.7 Å². The summed E-state index contributed by atoms with van der Waals surface area (Å²) in [6, 6.07) is 13.1. The molecule has 0 aliphatic heterocycles. The largest absolute Gasteiger partial charge is 0.273 e. The Morgan fingerprint density at radius 2 is 1.84 bits per heavy atom. The summed E-state index contributed by atoms with van der Waals surface area (Å²) in [5, 5.41) is 10.7. The normalized spacial score (nSPS) is 18.3. The van der Waals surface area contributed by atoms with Crippen molar-refractivity contribution in [1.82, 2.24) is 10.9 Å². The summed E-state index contributed by atoms with van der Waals surface area (Å²) in [5.74, 6) is -0.918. The van der Waals surface area contributed by atoms with Crippen molar-refractivity contribution in [2.75, 3.05) is 0 Å². The second-order valence-electron chi connectivity index (χ2n) is 5.75. The molecular weight excluding hydrogens is 390 g/mol. The zero-order valence-electron chi connectivity index (χ0n) is 12.9. The fourth-order valence-electron chi connectivity index (χ4n) is 2.61. The number of carbonyl (C=O) groups excluding carboxylic acids is 2. The number of hydrogen-bond acceptors (Lipinski definition) is 4. The summed E-state index contributed by atoms with van der Waals surface area (Å²) in [6.45, 7) is 0. The van der Waals surface area contributed by atoms with Gasteiger partial charge in [-0.25, -0.2) is 0 Å². The molecule has 2 N–H and O–H groups in total. The molecule has 128 valence electrons. The lowest BCUT2D eigenvalue weighted by Gasteiger charge is -2.07. The summed E-state index contributed by atoms with van der Waals surface area (Å²) < 4.78 is 0.974. The number of non-ortho nitro benzene ring substituents is 1. The number of carbonyl (C=O) groups is 2. The minimum atomic E-state index is -0.599. The SMILES string of the molecule is O=C(NNC(=O)C1CC1c1ccc(Br)cc1)c1cccc([N+](=O)[O-])c1. The molecule has 1 aliphatic carbocycles. The monoisotopic (exact) mass is 403 g/mol. The molecule has 1 fully saturated rings. The van der Waals surface area contributed by atoms with Gasteiger partial charge in [0.1, 0.15) is 0 Å². The van der Waals surface area contributed by atoms with E-state index in [0.717, 1.165) is 22.5 Å². The van der Waals surface area contributed by atoms with Crippen molar-refractivity contribution in [2.45, 2.75) is 12.3 Å². The maximum absolute atomic E-state index is 12.1. The molecule has 1 saturated carbocycles. The van der Waals surface area contributed by atoms with Crippen LogP contribution in [-0.2, 0) is 4.79 Å². The van der Waals surface area contributed by atoms with Gasteiger partial charge in [-0.15, -0.1) is 0 Å². The fourth-order valence-corrected chi connectivity index (χ4v) is 2.87. The number of nitrogens with one attached hydrogen (secondary N) is 2. The number of amides is 2. The van der Waals surface area contributed by atoms with Crippen LogP contribution in [0.5, 0.6) is 0 Å². The molecule has 0 aromatic heterocycles. The lowest BCUT2D eigenvalue weighted by Crippen LogP contribution is -2.42. The average Bonchev–Trinajstić information content (AvgIpc) is 3.41. The molecule has 2 amide bonds. The van der Waals surface area contributed by atoms with Crippen LogP contribution in [0, 0.1) is 16.0 Å². The second kappa shape index (κ2) is 7.02. The van der Waals surface area contributed by atoms with Gasteiger partial charge in [0.25, 0.3) is 11.6 Å². The maximum atomic E-state index is 12.1. The fraction of sp³-hybridized carbons (Fsp3) is 0.176. The smallest absolute Gasteiger partial charge is 0.270 e. The van der Waals surface area contributed by atoms with Gasteiger partial charge in [-0.05, 0) is 36.1 Å². The van der Waals surface area contributed by atoms with Crippen LogP contribution in [0.25, 0.3) is 0 Å². The van der Waals surface area contributed by atoms with E-state index in [1.54, 1.807) is 0 Å². The zero-order chi connectivity index (χ0) is 18.0. The molecule has 0 spiro atoms. The first-order chi connectivity index (χ1) is 12.0. The van der Waals surface area contributed by atoms with Gasteiger partial charge in [-0.1, -0.05) is 34.1 Å². The standard InChI is InChI=1S/C17H14BrN3O4/c18-12-6-4-10(5-7-12)14-9-15(14)17(23)20-19-16(22)11-2-1-3-13(8-11)21(24)25/h1-8,14-15H,9H2,(H,19,22)(H,20,23). The van der Waals surface area contributed by atoms with E-state index in [1.165, 1.54) is 18.2 Å². The number of halogens is 1. The third-order valence-corrected chi connectivity index (χ3v) is 4.57. The highest BCUT2D eigenvalue weighted by Gasteiger charge is 2.44. The number of hydrazine groups is 1. The first-order valence-electron chi connectivity index (χ1n) is 7.56. The van der Waals surface area contributed by atoms with Gasteiger partial charge in [0, 0.05) is 28.1 Å². The zero-order valence-corrected chi connectivity index (χ0v) is 14.5. The number of nitrogens with zero attached hydrogens (tertiary/aromatic N) is 1. The van der Waals surface area contributed by atoms with Crippen molar-refractivity contribution in [2.24, 2.45) is 5.92 Å². The van der Waals surface area contributed by atoms with Gasteiger partial charge < -0.3 is 0 Å². The van der Waals surface area contributed by atoms with Crippen molar-refractivity contribution in [3.8, 4) is 0 Å². The molecule has 0 bridgehead atoms. The molecule has 1 aliphatic rings. The molecule has 2 unspecified atom stereocenters. The lowest BCUT2D eigenvalue weighted by molar-refractivity contribution is -0.384. The van der Waals surface area contributed by atoms with E-state index in [1.807, 2.05) is 24.3 Å². The number of nitro groups is 1. The molecule has 0 radical (unpaired) electrons. The van der Waals surface area contributed by atoms with Gasteiger partial charge >= 0.3 is 0 Å². The number of benzene rings is 2. The Bertz CT molecular complexity index is 838. The molecule has 3 rings (SSSR count). The lowest BCUT2D eigenvalue weighted by atomic mass is 10.1. The van der Waals surface area contributed by atoms with Crippen molar-refractivity contribution < 1.29 is 14.5 Å². The number of nitro benzene ring substituents is 1. The van der Waals surface area contributed by atoms with E-state index >= 15 is 0 Å². The summed E-state index contributed by atoms with van der Waals surface area (Å²) in [4.78, 5) is 34.3. The summed E-state index contributed by atoms with van der Waals surface area (Å²) >= 11 is 3.37. The van der Waals surface area contributed by atoms with E-state index in [9.17, 15) is 19.7 Å². The Hall–Kier alpha value is -2.74. The summed E-state index contributed by atoms with van der Waals surface area (Å²) in [7, 11) is 0. The quantitative estimate of drug-likeness (QED) is 0.604. The molecule has 2 aromatic rings. The van der Waals surface area contributed by atoms with Gasteiger partial charge in [-0.2, -0.15) is 0 Å². The summed E-state index contributed by atoms with van der Waals surface area (Å²) in [5.41, 5.74) is 5.68. The van der Waals surface area contributed by atoms with Gasteiger partial charge in [0.15, 0.2) is 0 Å². The molecule has 25 heavy (non-hydrogen) atoms. The van der Waals surface area contributed by atoms with Crippen LogP contribution >= 0.6 is 15.9 Å². The topological polar surface area (TPSA) is 101 Å². The third kappa shape index (κ3) is 4.03. The van der Waals surface area contributed by atoms with Crippen molar-refractivity contribution in [3.05, 3.63) is 74.2 Å². The highest BCUT2D eigenvalue weighted by Crippen LogP contribution is 2.47. The molecule has 0 saturated heterocycles. The Morgan fingerprint density at radius 1 is 1.12 bits per heavy atom.